The Morgan fingerprint density at radius 1 is 1.14 bits per heavy atom. The van der Waals surface area contributed by atoms with Gasteiger partial charge in [-0.3, -0.25) is 4.79 Å². The molecule has 0 aromatic heterocycles. The van der Waals surface area contributed by atoms with Crippen LogP contribution in [-0.4, -0.2) is 39.6 Å². The molecule has 0 radical (unpaired) electrons. The van der Waals surface area contributed by atoms with Crippen molar-refractivity contribution in [3.63, 3.8) is 0 Å². The Hall–Kier alpha value is -3.43. The van der Waals surface area contributed by atoms with E-state index in [1.54, 1.807) is 6.07 Å². The third-order valence-corrected chi connectivity index (χ3v) is 3.29. The molecule has 0 atom stereocenters. The van der Waals surface area contributed by atoms with E-state index in [1.165, 1.54) is 50.8 Å². The van der Waals surface area contributed by atoms with Crippen molar-refractivity contribution < 1.29 is 36.9 Å². The zero-order valence-corrected chi connectivity index (χ0v) is 14.9. The molecule has 0 aliphatic carbocycles. The fourth-order valence-corrected chi connectivity index (χ4v) is 2.10. The maximum atomic E-state index is 13.4. The molecule has 0 heterocycles. The van der Waals surface area contributed by atoms with E-state index in [0.29, 0.717) is 5.56 Å². The number of hydrogen-bond acceptors (Lipinski definition) is 6. The van der Waals surface area contributed by atoms with Crippen molar-refractivity contribution in [3.8, 4) is 23.0 Å². The van der Waals surface area contributed by atoms with E-state index in [9.17, 15) is 18.0 Å². The van der Waals surface area contributed by atoms with Crippen LogP contribution in [0.4, 0.5) is 13.2 Å². The van der Waals surface area contributed by atoms with Gasteiger partial charge in [-0.1, -0.05) is 12.1 Å². The van der Waals surface area contributed by atoms with Gasteiger partial charge in [0.15, 0.2) is 29.7 Å². The van der Waals surface area contributed by atoms with Crippen molar-refractivity contribution in [1.29, 1.82) is 0 Å². The summed E-state index contributed by atoms with van der Waals surface area (Å²) in [5.74, 6) is -1.56. The highest BCUT2D eigenvalue weighted by atomic mass is 19.3. The number of benzene rings is 2. The summed E-state index contributed by atoms with van der Waals surface area (Å²) in [7, 11) is 2.55. The summed E-state index contributed by atoms with van der Waals surface area (Å²) < 4.78 is 57.9. The molecule has 28 heavy (non-hydrogen) atoms. The quantitative estimate of drug-likeness (QED) is 0.519. The first-order valence-electron chi connectivity index (χ1n) is 7.84. The van der Waals surface area contributed by atoms with Crippen LogP contribution in [-0.2, 0) is 4.79 Å². The second-order valence-corrected chi connectivity index (χ2v) is 5.15. The van der Waals surface area contributed by atoms with Crippen molar-refractivity contribution in [2.45, 2.75) is 6.61 Å². The largest absolute Gasteiger partial charge is 0.493 e. The number of carbonyl (C=O) groups excluding carboxylic acids is 1. The second-order valence-electron chi connectivity index (χ2n) is 5.15. The number of alkyl halides is 2. The van der Waals surface area contributed by atoms with Crippen molar-refractivity contribution >= 4 is 12.1 Å². The molecule has 2 aromatic rings. The molecule has 0 unspecified atom stereocenters. The number of hydrogen-bond donors (Lipinski definition) is 1. The van der Waals surface area contributed by atoms with E-state index in [4.69, 9.17) is 14.2 Å². The Bertz CT molecular complexity index is 821. The summed E-state index contributed by atoms with van der Waals surface area (Å²) >= 11 is 0. The summed E-state index contributed by atoms with van der Waals surface area (Å²) in [6.45, 7) is -3.51. The van der Waals surface area contributed by atoms with Crippen LogP contribution < -0.4 is 24.4 Å². The number of nitrogens with one attached hydrogen (secondary N) is 1. The molecule has 0 aliphatic heterocycles. The Kier molecular flexibility index (Phi) is 7.49. The lowest BCUT2D eigenvalue weighted by atomic mass is 10.2. The zero-order valence-electron chi connectivity index (χ0n) is 14.9. The van der Waals surface area contributed by atoms with E-state index in [0.717, 1.165) is 0 Å². The van der Waals surface area contributed by atoms with Gasteiger partial charge >= 0.3 is 6.61 Å². The van der Waals surface area contributed by atoms with Crippen LogP contribution in [0.5, 0.6) is 23.0 Å². The van der Waals surface area contributed by atoms with Crippen LogP contribution in [0.1, 0.15) is 5.56 Å². The standard InChI is InChI=1S/C18H17F3N2O5/c1-25-14-7-11(8-15(26-2)17(14)28-18(20)21)9-22-23-16(24)10-27-13-6-4-3-5-12(13)19/h3-9,18H,10H2,1-2H3,(H,23,24)/b22-9-. The first-order chi connectivity index (χ1) is 13.4. The number of rotatable bonds is 9. The minimum absolute atomic E-state index is 0.00434. The summed E-state index contributed by atoms with van der Waals surface area (Å²) in [4.78, 5) is 11.7. The summed E-state index contributed by atoms with van der Waals surface area (Å²) in [5.41, 5.74) is 2.57. The molecule has 1 N–H and O–H groups in total. The molecule has 2 aromatic carbocycles. The topological polar surface area (TPSA) is 78.4 Å². The number of ether oxygens (including phenoxy) is 4. The maximum Gasteiger partial charge on any atom is 0.387 e. The number of amides is 1. The Morgan fingerprint density at radius 2 is 1.79 bits per heavy atom. The van der Waals surface area contributed by atoms with Gasteiger partial charge < -0.3 is 18.9 Å². The SMILES string of the molecule is COc1cc(/C=N\NC(=O)COc2ccccc2F)cc(OC)c1OC(F)F. The number of hydrazone groups is 1. The first-order valence-corrected chi connectivity index (χ1v) is 7.84. The lowest BCUT2D eigenvalue weighted by molar-refractivity contribution is -0.123. The highest BCUT2D eigenvalue weighted by Gasteiger charge is 2.17. The van der Waals surface area contributed by atoms with Crippen molar-refractivity contribution in [2.24, 2.45) is 5.10 Å². The number of para-hydroxylation sites is 1. The van der Waals surface area contributed by atoms with E-state index < -0.39 is 24.9 Å². The highest BCUT2D eigenvalue weighted by molar-refractivity contribution is 5.84. The minimum Gasteiger partial charge on any atom is -0.493 e. The maximum absolute atomic E-state index is 13.4. The Labute approximate surface area is 158 Å². The summed E-state index contributed by atoms with van der Waals surface area (Å²) in [6.07, 6.45) is 1.23. The van der Waals surface area contributed by atoms with Gasteiger partial charge in [-0.15, -0.1) is 0 Å². The Balaban J connectivity index is 2.01. The lowest BCUT2D eigenvalue weighted by Gasteiger charge is -2.14. The first kappa shape index (κ1) is 20.9. The molecule has 0 aliphatic rings. The molecular formula is C18H17F3N2O5. The predicted molar refractivity (Wildman–Crippen MR) is 93.8 cm³/mol. The molecule has 0 saturated carbocycles. The van der Waals surface area contributed by atoms with E-state index in [1.807, 2.05) is 0 Å². The summed E-state index contributed by atoms with van der Waals surface area (Å²) in [5, 5.41) is 3.72. The molecule has 0 spiro atoms. The van der Waals surface area contributed by atoms with Gasteiger partial charge in [-0.25, -0.2) is 9.82 Å². The molecule has 150 valence electrons. The smallest absolute Gasteiger partial charge is 0.387 e. The van der Waals surface area contributed by atoms with Gasteiger partial charge in [0, 0.05) is 5.56 Å². The molecule has 7 nitrogen and oxygen atoms in total. The second kappa shape index (κ2) is 10.0. The van der Waals surface area contributed by atoms with Gasteiger partial charge in [0.25, 0.3) is 5.91 Å². The van der Waals surface area contributed by atoms with Gasteiger partial charge in [0.05, 0.1) is 20.4 Å². The van der Waals surface area contributed by atoms with Crippen molar-refractivity contribution in [3.05, 3.63) is 47.8 Å². The molecule has 0 saturated heterocycles. The summed E-state index contributed by atoms with van der Waals surface area (Å²) in [6, 6.07) is 8.38. The molecule has 2 rings (SSSR count). The van der Waals surface area contributed by atoms with Crippen molar-refractivity contribution in [2.75, 3.05) is 20.8 Å². The van der Waals surface area contributed by atoms with Crippen molar-refractivity contribution in [1.82, 2.24) is 5.43 Å². The molecular weight excluding hydrogens is 381 g/mol. The van der Waals surface area contributed by atoms with Crippen LogP contribution in [0.3, 0.4) is 0 Å². The fraction of sp³-hybridized carbons (Fsp3) is 0.222. The van der Waals surface area contributed by atoms with Crippen LogP contribution >= 0.6 is 0 Å². The van der Waals surface area contributed by atoms with Gasteiger partial charge in [0.1, 0.15) is 0 Å². The van der Waals surface area contributed by atoms with Gasteiger partial charge in [-0.2, -0.15) is 13.9 Å². The van der Waals surface area contributed by atoms with Gasteiger partial charge in [0.2, 0.25) is 5.75 Å². The van der Waals surface area contributed by atoms with E-state index in [-0.39, 0.29) is 23.0 Å². The van der Waals surface area contributed by atoms with E-state index in [2.05, 4.69) is 15.3 Å². The molecule has 1 amide bonds. The average molecular weight is 398 g/mol. The van der Waals surface area contributed by atoms with Crippen LogP contribution in [0.15, 0.2) is 41.5 Å². The highest BCUT2D eigenvalue weighted by Crippen LogP contribution is 2.39. The minimum atomic E-state index is -3.06. The fourth-order valence-electron chi connectivity index (χ4n) is 2.10. The normalized spacial score (nSPS) is 10.8. The number of methoxy groups -OCH3 is 2. The third kappa shape index (κ3) is 5.79. The van der Waals surface area contributed by atoms with Crippen LogP contribution in [0.25, 0.3) is 0 Å². The molecule has 0 bridgehead atoms. The average Bonchev–Trinajstić information content (AvgIpc) is 2.67. The van der Waals surface area contributed by atoms with Crippen LogP contribution in [0.2, 0.25) is 0 Å². The predicted octanol–water partition coefficient (Wildman–Crippen LogP) is 2.97. The molecule has 0 fully saturated rings. The molecule has 10 heteroatoms. The number of halogens is 3. The number of nitrogens with zero attached hydrogens (tertiary/aromatic N) is 1. The monoisotopic (exact) mass is 398 g/mol. The lowest BCUT2D eigenvalue weighted by Crippen LogP contribution is -2.24. The Morgan fingerprint density at radius 3 is 2.36 bits per heavy atom. The third-order valence-electron chi connectivity index (χ3n) is 3.29. The van der Waals surface area contributed by atoms with Gasteiger partial charge in [-0.05, 0) is 24.3 Å². The number of carbonyl (C=O) groups is 1. The zero-order chi connectivity index (χ0) is 20.5. The van der Waals surface area contributed by atoms with Crippen LogP contribution in [0, 0.1) is 5.82 Å². The van der Waals surface area contributed by atoms with E-state index >= 15 is 0 Å².